The van der Waals surface area contributed by atoms with E-state index in [1.807, 2.05) is 62.6 Å². The maximum absolute atomic E-state index is 14.8. The predicted octanol–water partition coefficient (Wildman–Crippen LogP) is 10.2. The van der Waals surface area contributed by atoms with E-state index < -0.39 is 29.2 Å². The number of hydrogen-bond donors (Lipinski definition) is 0. The van der Waals surface area contributed by atoms with Crippen molar-refractivity contribution in [3.63, 3.8) is 0 Å². The van der Waals surface area contributed by atoms with Crippen LogP contribution in [0.15, 0.2) is 121 Å². The minimum absolute atomic E-state index is 0.0991. The van der Waals surface area contributed by atoms with Gasteiger partial charge in [0.2, 0.25) is 10.0 Å². The summed E-state index contributed by atoms with van der Waals surface area (Å²) in [4.78, 5) is 0. The van der Waals surface area contributed by atoms with Crippen LogP contribution >= 0.6 is 23.5 Å². The number of methoxy groups -OCH3 is 3. The molecule has 4 aromatic rings. The maximum Gasteiger partial charge on any atom is 0.261 e. The zero-order chi connectivity index (χ0) is 44.1. The van der Waals surface area contributed by atoms with Gasteiger partial charge < -0.3 is 18.6 Å². The molecule has 62 heavy (non-hydrogen) atoms. The van der Waals surface area contributed by atoms with Crippen LogP contribution in [0.2, 0.25) is 5.04 Å². The first-order valence-corrected chi connectivity index (χ1v) is 27.8. The maximum atomic E-state index is 14.8. The summed E-state index contributed by atoms with van der Waals surface area (Å²) in [6.45, 7) is 12.3. The van der Waals surface area contributed by atoms with E-state index in [0.717, 1.165) is 53.4 Å². The SMILES string of the molecule is COc1ccc(CN(Cc2ccc(OC)cc2)S(=O)(=O)[C@H](C)[C@@H](C)[C@H]2C=C([C@@](OC)(C3SCCCS3)[C@@H]3CC[C@H]3CO[Si](c3ccccc3)(c3ccccc3)C(C)(C)C)C2)cc1. The first kappa shape index (κ1) is 46.9. The van der Waals surface area contributed by atoms with Gasteiger partial charge in [-0.1, -0.05) is 119 Å². The van der Waals surface area contributed by atoms with Gasteiger partial charge in [0, 0.05) is 26.8 Å². The highest BCUT2D eigenvalue weighted by atomic mass is 32.2. The van der Waals surface area contributed by atoms with Crippen molar-refractivity contribution in [1.29, 1.82) is 0 Å². The number of ether oxygens (including phenoxy) is 3. The van der Waals surface area contributed by atoms with Crippen molar-refractivity contribution in [2.75, 3.05) is 39.4 Å². The summed E-state index contributed by atoms with van der Waals surface area (Å²) in [6, 6.07) is 37.3. The third-order valence-electron chi connectivity index (χ3n) is 14.1. The molecule has 3 aliphatic rings. The first-order chi connectivity index (χ1) is 29.8. The van der Waals surface area contributed by atoms with Crippen LogP contribution < -0.4 is 19.8 Å². The van der Waals surface area contributed by atoms with Crippen LogP contribution in [0.1, 0.15) is 71.4 Å². The van der Waals surface area contributed by atoms with Gasteiger partial charge in [-0.2, -0.15) is 4.31 Å². The Bertz CT molecular complexity index is 2110. The van der Waals surface area contributed by atoms with Crippen molar-refractivity contribution in [2.24, 2.45) is 23.7 Å². The molecule has 2 fully saturated rings. The second-order valence-corrected chi connectivity index (χ2v) is 27.8. The van der Waals surface area contributed by atoms with Crippen molar-refractivity contribution in [1.82, 2.24) is 4.31 Å². The van der Waals surface area contributed by atoms with E-state index in [4.69, 9.17) is 18.6 Å². The third kappa shape index (κ3) is 9.37. The molecule has 0 radical (unpaired) electrons. The molecule has 0 unspecified atom stereocenters. The molecule has 11 heteroatoms. The Morgan fingerprint density at radius 2 is 1.24 bits per heavy atom. The van der Waals surface area contributed by atoms with Gasteiger partial charge in [0.25, 0.3) is 8.32 Å². The van der Waals surface area contributed by atoms with Crippen molar-refractivity contribution in [3.05, 3.63) is 132 Å². The van der Waals surface area contributed by atoms with Gasteiger partial charge in [-0.05, 0) is 124 Å². The second-order valence-electron chi connectivity index (χ2n) is 18.5. The van der Waals surface area contributed by atoms with Gasteiger partial charge in [0.15, 0.2) is 0 Å². The lowest BCUT2D eigenvalue weighted by molar-refractivity contribution is -0.0897. The van der Waals surface area contributed by atoms with Crippen LogP contribution in [-0.2, 0) is 32.3 Å². The van der Waals surface area contributed by atoms with Crippen molar-refractivity contribution in [3.8, 4) is 11.5 Å². The minimum atomic E-state index is -3.74. The topological polar surface area (TPSA) is 74.3 Å². The molecular weight excluding hydrogens is 847 g/mol. The van der Waals surface area contributed by atoms with Crippen LogP contribution in [0.25, 0.3) is 0 Å². The molecule has 0 bridgehead atoms. The van der Waals surface area contributed by atoms with E-state index in [-0.39, 0.29) is 34.5 Å². The fourth-order valence-electron chi connectivity index (χ4n) is 10.1. The zero-order valence-corrected chi connectivity index (χ0v) is 41.4. The van der Waals surface area contributed by atoms with E-state index in [9.17, 15) is 8.42 Å². The van der Waals surface area contributed by atoms with E-state index in [0.29, 0.717) is 18.4 Å². The number of benzene rings is 4. The summed E-state index contributed by atoms with van der Waals surface area (Å²) in [7, 11) is -1.25. The quantitative estimate of drug-likeness (QED) is 0.0681. The van der Waals surface area contributed by atoms with Gasteiger partial charge in [0.05, 0.1) is 24.1 Å². The monoisotopic (exact) mass is 913 g/mol. The van der Waals surface area contributed by atoms with E-state index >= 15 is 0 Å². The summed E-state index contributed by atoms with van der Waals surface area (Å²) < 4.78 is 56.8. The Morgan fingerprint density at radius 3 is 1.66 bits per heavy atom. The summed E-state index contributed by atoms with van der Waals surface area (Å²) in [6.07, 6.45) is 6.65. The second kappa shape index (κ2) is 20.0. The van der Waals surface area contributed by atoms with Crippen molar-refractivity contribution < 1.29 is 27.1 Å². The molecule has 4 aromatic carbocycles. The highest BCUT2D eigenvalue weighted by molar-refractivity contribution is 8.17. The van der Waals surface area contributed by atoms with E-state index in [1.165, 1.54) is 22.4 Å². The fraction of sp³-hybridized carbons (Fsp3) is 0.490. The first-order valence-electron chi connectivity index (χ1n) is 22.3. The molecule has 0 N–H and O–H groups in total. The predicted molar refractivity (Wildman–Crippen MR) is 262 cm³/mol. The van der Waals surface area contributed by atoms with E-state index in [2.05, 4.69) is 118 Å². The number of allylic oxidation sites excluding steroid dienone is 1. The Hall–Kier alpha value is -3.03. The average molecular weight is 914 g/mol. The van der Waals surface area contributed by atoms with Crippen LogP contribution in [0.4, 0.5) is 0 Å². The highest BCUT2D eigenvalue weighted by Gasteiger charge is 2.59. The fourth-order valence-corrected chi connectivity index (χ4v) is 20.1. The molecule has 7 rings (SSSR count). The Balaban J connectivity index is 1.15. The van der Waals surface area contributed by atoms with Gasteiger partial charge >= 0.3 is 0 Å². The summed E-state index contributed by atoms with van der Waals surface area (Å²) in [5, 5.41) is 1.91. The molecule has 1 heterocycles. The number of rotatable bonds is 19. The summed E-state index contributed by atoms with van der Waals surface area (Å²) >= 11 is 4.10. The van der Waals surface area contributed by atoms with Crippen LogP contribution in [0, 0.1) is 23.7 Å². The molecule has 0 aromatic heterocycles. The molecule has 1 saturated heterocycles. The Morgan fingerprint density at radius 1 is 0.742 bits per heavy atom. The smallest absolute Gasteiger partial charge is 0.261 e. The molecule has 2 aliphatic carbocycles. The molecule has 1 aliphatic heterocycles. The van der Waals surface area contributed by atoms with Gasteiger partial charge in [-0.3, -0.25) is 0 Å². The Kier molecular flexibility index (Phi) is 15.1. The van der Waals surface area contributed by atoms with Crippen LogP contribution in [0.5, 0.6) is 11.5 Å². The van der Waals surface area contributed by atoms with Gasteiger partial charge in [-0.25, -0.2) is 8.42 Å². The zero-order valence-electron chi connectivity index (χ0n) is 37.9. The molecular formula is C51H67NO6S3Si. The summed E-state index contributed by atoms with van der Waals surface area (Å²) in [5.74, 6) is 4.41. The molecule has 6 atom stereocenters. The largest absolute Gasteiger partial charge is 0.497 e. The standard InChI is InChI=1S/C51H67NO6S3Si/c1-37(38(2)61(53,54)52(34-39-20-25-44(55-6)26-21-39)35-40-22-27-45(56-7)28-23-40)42-32-43(33-42)51(57-8,49-59-30-15-31-60-49)48-29-24-41(48)36-58-62(50(3,4)5,46-16-11-9-12-17-46)47-18-13-10-14-19-47/h9-14,16-23,25-28,32,37-38,41-42,48-49H,15,24,29-31,33-36H2,1-8H3/t37-,38-,41+,42+,48-,51+/m1/s1. The molecule has 334 valence electrons. The van der Waals surface area contributed by atoms with Gasteiger partial charge in [-0.15, -0.1) is 23.5 Å². The van der Waals surface area contributed by atoms with Gasteiger partial charge in [0.1, 0.15) is 17.1 Å². The van der Waals surface area contributed by atoms with Crippen molar-refractivity contribution >= 4 is 52.2 Å². The van der Waals surface area contributed by atoms with Crippen LogP contribution in [-0.4, -0.2) is 75.9 Å². The lowest BCUT2D eigenvalue weighted by Gasteiger charge is -2.57. The molecule has 0 spiro atoms. The Labute approximate surface area is 381 Å². The minimum Gasteiger partial charge on any atom is -0.497 e. The highest BCUT2D eigenvalue weighted by Crippen LogP contribution is 2.59. The normalized spacial score (nSPS) is 21.8. The van der Waals surface area contributed by atoms with Crippen molar-refractivity contribution in [2.45, 2.75) is 93.9 Å². The van der Waals surface area contributed by atoms with Crippen LogP contribution in [0.3, 0.4) is 0 Å². The lowest BCUT2D eigenvalue weighted by atomic mass is 9.59. The number of thioether (sulfide) groups is 2. The average Bonchev–Trinajstić information content (AvgIpc) is 3.26. The number of nitrogens with zero attached hydrogens (tertiary/aromatic N) is 1. The summed E-state index contributed by atoms with van der Waals surface area (Å²) in [5.41, 5.74) is 2.73. The lowest BCUT2D eigenvalue weighted by Crippen LogP contribution is -2.67. The third-order valence-corrected chi connectivity index (χ3v) is 24.6. The van der Waals surface area contributed by atoms with E-state index in [1.54, 1.807) is 18.5 Å². The molecule has 1 saturated carbocycles. The number of sulfonamides is 1. The molecule has 7 nitrogen and oxygen atoms in total. The number of hydrogen-bond acceptors (Lipinski definition) is 8. The molecule has 0 amide bonds.